The monoisotopic (exact) mass is 237 g/mol. The van der Waals surface area contributed by atoms with E-state index >= 15 is 0 Å². The lowest BCUT2D eigenvalue weighted by atomic mass is 10.1. The molecule has 5 nitrogen and oxygen atoms in total. The molecule has 0 heterocycles. The zero-order chi connectivity index (χ0) is 13.0. The SMILES string of the molecule is CC(CO)Nc1ccc(C(=O)N(C)C)cc1N. The summed E-state index contributed by atoms with van der Waals surface area (Å²) in [6.45, 7) is 1.87. The van der Waals surface area contributed by atoms with Crippen molar-refractivity contribution >= 4 is 17.3 Å². The summed E-state index contributed by atoms with van der Waals surface area (Å²) >= 11 is 0. The smallest absolute Gasteiger partial charge is 0.253 e. The first kappa shape index (κ1) is 13.3. The van der Waals surface area contributed by atoms with Gasteiger partial charge in [-0.05, 0) is 25.1 Å². The zero-order valence-corrected chi connectivity index (χ0v) is 10.4. The van der Waals surface area contributed by atoms with Gasteiger partial charge in [-0.15, -0.1) is 0 Å². The first-order valence-corrected chi connectivity index (χ1v) is 5.44. The van der Waals surface area contributed by atoms with E-state index < -0.39 is 0 Å². The molecule has 0 bridgehead atoms. The van der Waals surface area contributed by atoms with Crippen LogP contribution in [0.25, 0.3) is 0 Å². The van der Waals surface area contributed by atoms with Crippen molar-refractivity contribution in [2.24, 2.45) is 0 Å². The van der Waals surface area contributed by atoms with Crippen molar-refractivity contribution in [3.05, 3.63) is 23.8 Å². The average Bonchev–Trinajstić information content (AvgIpc) is 2.30. The molecule has 1 amide bonds. The molecule has 1 atom stereocenters. The number of hydrogen-bond acceptors (Lipinski definition) is 4. The van der Waals surface area contributed by atoms with Crippen LogP contribution in [0.4, 0.5) is 11.4 Å². The number of aliphatic hydroxyl groups is 1. The van der Waals surface area contributed by atoms with Gasteiger partial charge in [-0.2, -0.15) is 0 Å². The van der Waals surface area contributed by atoms with Gasteiger partial charge in [-0.25, -0.2) is 0 Å². The molecule has 0 radical (unpaired) electrons. The van der Waals surface area contributed by atoms with Gasteiger partial charge < -0.3 is 21.1 Å². The summed E-state index contributed by atoms with van der Waals surface area (Å²) in [4.78, 5) is 13.2. The highest BCUT2D eigenvalue weighted by Gasteiger charge is 2.10. The summed E-state index contributed by atoms with van der Waals surface area (Å²) in [5.74, 6) is -0.0848. The third-order valence-corrected chi connectivity index (χ3v) is 2.38. The van der Waals surface area contributed by atoms with E-state index in [1.807, 2.05) is 6.92 Å². The Morgan fingerprint density at radius 3 is 2.65 bits per heavy atom. The third kappa shape index (κ3) is 3.35. The topological polar surface area (TPSA) is 78.6 Å². The maximum atomic E-state index is 11.7. The van der Waals surface area contributed by atoms with Crippen LogP contribution in [0.15, 0.2) is 18.2 Å². The lowest BCUT2D eigenvalue weighted by Gasteiger charge is -2.16. The summed E-state index contributed by atoms with van der Waals surface area (Å²) in [7, 11) is 3.39. The molecule has 0 fully saturated rings. The number of nitrogens with two attached hydrogens (primary N) is 1. The largest absolute Gasteiger partial charge is 0.397 e. The van der Waals surface area contributed by atoms with E-state index in [2.05, 4.69) is 5.32 Å². The van der Waals surface area contributed by atoms with E-state index in [0.717, 1.165) is 5.69 Å². The fraction of sp³-hybridized carbons (Fsp3) is 0.417. The number of carbonyl (C=O) groups excluding carboxylic acids is 1. The Kier molecular flexibility index (Phi) is 4.34. The number of aliphatic hydroxyl groups excluding tert-OH is 1. The third-order valence-electron chi connectivity index (χ3n) is 2.38. The molecule has 0 saturated heterocycles. The minimum atomic E-state index is -0.0848. The lowest BCUT2D eigenvalue weighted by Crippen LogP contribution is -2.23. The van der Waals surface area contributed by atoms with Crippen molar-refractivity contribution in [2.45, 2.75) is 13.0 Å². The van der Waals surface area contributed by atoms with Crippen LogP contribution in [-0.4, -0.2) is 42.7 Å². The molecule has 94 valence electrons. The predicted octanol–water partition coefficient (Wildman–Crippen LogP) is 0.763. The van der Waals surface area contributed by atoms with Gasteiger partial charge >= 0.3 is 0 Å². The van der Waals surface area contributed by atoms with Crippen molar-refractivity contribution < 1.29 is 9.90 Å². The molecule has 1 unspecified atom stereocenters. The molecular formula is C12H19N3O2. The zero-order valence-electron chi connectivity index (χ0n) is 10.4. The normalized spacial score (nSPS) is 12.0. The van der Waals surface area contributed by atoms with Gasteiger partial charge in [0.1, 0.15) is 0 Å². The molecule has 0 aliphatic rings. The molecule has 1 aromatic rings. The van der Waals surface area contributed by atoms with Crippen LogP contribution >= 0.6 is 0 Å². The van der Waals surface area contributed by atoms with Gasteiger partial charge in [0.25, 0.3) is 5.91 Å². The number of hydrogen-bond donors (Lipinski definition) is 3. The van der Waals surface area contributed by atoms with Gasteiger partial charge in [0.2, 0.25) is 0 Å². The quantitative estimate of drug-likeness (QED) is 0.676. The average molecular weight is 237 g/mol. The predicted molar refractivity (Wildman–Crippen MR) is 69.0 cm³/mol. The molecule has 0 aliphatic heterocycles. The standard InChI is InChI=1S/C12H19N3O2/c1-8(7-16)14-11-5-4-9(6-10(11)13)12(17)15(2)3/h4-6,8,14,16H,7,13H2,1-3H3. The van der Waals surface area contributed by atoms with Crippen LogP contribution in [0.1, 0.15) is 17.3 Å². The van der Waals surface area contributed by atoms with Crippen molar-refractivity contribution in [2.75, 3.05) is 31.8 Å². The van der Waals surface area contributed by atoms with E-state index in [1.165, 1.54) is 4.90 Å². The number of amides is 1. The molecule has 0 aromatic heterocycles. The molecular weight excluding hydrogens is 218 g/mol. The van der Waals surface area contributed by atoms with Crippen molar-refractivity contribution in [1.29, 1.82) is 0 Å². The van der Waals surface area contributed by atoms with Crippen LogP contribution in [-0.2, 0) is 0 Å². The minimum Gasteiger partial charge on any atom is -0.397 e. The number of nitrogens with one attached hydrogen (secondary N) is 1. The van der Waals surface area contributed by atoms with Crippen molar-refractivity contribution in [3.63, 3.8) is 0 Å². The summed E-state index contributed by atoms with van der Waals surface area (Å²) in [5.41, 5.74) is 7.62. The second-order valence-corrected chi connectivity index (χ2v) is 4.23. The summed E-state index contributed by atoms with van der Waals surface area (Å²) in [6.07, 6.45) is 0. The number of carbonyl (C=O) groups is 1. The minimum absolute atomic E-state index is 0.0256. The summed E-state index contributed by atoms with van der Waals surface area (Å²) < 4.78 is 0. The number of nitrogens with zero attached hydrogens (tertiary/aromatic N) is 1. The Morgan fingerprint density at radius 1 is 1.53 bits per heavy atom. The molecule has 17 heavy (non-hydrogen) atoms. The molecule has 0 saturated carbocycles. The number of anilines is 2. The van der Waals surface area contributed by atoms with E-state index in [4.69, 9.17) is 10.8 Å². The Bertz CT molecular complexity index is 405. The fourth-order valence-corrected chi connectivity index (χ4v) is 1.40. The first-order chi connectivity index (χ1) is 7.95. The summed E-state index contributed by atoms with van der Waals surface area (Å²) in [5, 5.41) is 12.0. The van der Waals surface area contributed by atoms with Crippen molar-refractivity contribution in [3.8, 4) is 0 Å². The van der Waals surface area contributed by atoms with Crippen LogP contribution < -0.4 is 11.1 Å². The Morgan fingerprint density at radius 2 is 2.18 bits per heavy atom. The van der Waals surface area contributed by atoms with Crippen LogP contribution in [0.3, 0.4) is 0 Å². The Balaban J connectivity index is 2.90. The fourth-order valence-electron chi connectivity index (χ4n) is 1.40. The number of nitrogen functional groups attached to an aromatic ring is 1. The Labute approximate surface area is 101 Å². The number of benzene rings is 1. The highest BCUT2D eigenvalue weighted by molar-refractivity contribution is 5.95. The van der Waals surface area contributed by atoms with Gasteiger partial charge in [0, 0.05) is 25.7 Å². The van der Waals surface area contributed by atoms with Gasteiger partial charge in [-0.1, -0.05) is 0 Å². The highest BCUT2D eigenvalue weighted by Crippen LogP contribution is 2.21. The molecule has 0 aliphatic carbocycles. The van der Waals surface area contributed by atoms with Gasteiger partial charge in [-0.3, -0.25) is 4.79 Å². The number of rotatable bonds is 4. The molecule has 0 spiro atoms. The van der Waals surface area contributed by atoms with Gasteiger partial charge in [0.05, 0.1) is 18.0 Å². The van der Waals surface area contributed by atoms with Crippen LogP contribution in [0.2, 0.25) is 0 Å². The molecule has 4 N–H and O–H groups in total. The van der Waals surface area contributed by atoms with E-state index in [1.54, 1.807) is 32.3 Å². The summed E-state index contributed by atoms with van der Waals surface area (Å²) in [6, 6.07) is 5.02. The van der Waals surface area contributed by atoms with Crippen LogP contribution in [0, 0.1) is 0 Å². The maximum Gasteiger partial charge on any atom is 0.253 e. The second kappa shape index (κ2) is 5.54. The molecule has 5 heteroatoms. The molecule has 1 aromatic carbocycles. The van der Waals surface area contributed by atoms with Gasteiger partial charge in [0.15, 0.2) is 0 Å². The van der Waals surface area contributed by atoms with Crippen LogP contribution in [0.5, 0.6) is 0 Å². The van der Waals surface area contributed by atoms with E-state index in [0.29, 0.717) is 11.3 Å². The lowest BCUT2D eigenvalue weighted by molar-refractivity contribution is 0.0827. The Hall–Kier alpha value is -1.75. The first-order valence-electron chi connectivity index (χ1n) is 5.44. The second-order valence-electron chi connectivity index (χ2n) is 4.23. The maximum absolute atomic E-state index is 11.7. The van der Waals surface area contributed by atoms with E-state index in [9.17, 15) is 4.79 Å². The van der Waals surface area contributed by atoms with Crippen molar-refractivity contribution in [1.82, 2.24) is 4.90 Å². The highest BCUT2D eigenvalue weighted by atomic mass is 16.3. The molecule has 1 rings (SSSR count). The van der Waals surface area contributed by atoms with E-state index in [-0.39, 0.29) is 18.6 Å².